The van der Waals surface area contributed by atoms with E-state index in [4.69, 9.17) is 9.97 Å². The van der Waals surface area contributed by atoms with Crippen LogP contribution in [0.3, 0.4) is 0 Å². The van der Waals surface area contributed by atoms with E-state index in [1.54, 1.807) is 0 Å². The molecule has 0 aliphatic rings. The molecule has 0 spiro atoms. The van der Waals surface area contributed by atoms with Crippen LogP contribution < -0.4 is 0 Å². The monoisotopic (exact) mass is 1200 g/mol. The Balaban J connectivity index is 0.766. The highest BCUT2D eigenvalue weighted by molar-refractivity contribution is 6.15. The highest BCUT2D eigenvalue weighted by Crippen LogP contribution is 2.44. The Bertz CT molecular complexity index is 5890. The zero-order valence-corrected chi connectivity index (χ0v) is 51.0. The lowest BCUT2D eigenvalue weighted by Gasteiger charge is -2.17. The summed E-state index contributed by atoms with van der Waals surface area (Å²) >= 11 is 0. The molecule has 0 N–H and O–H groups in total. The van der Waals surface area contributed by atoms with E-state index in [1.165, 1.54) is 76.3 Å². The Morgan fingerprint density at radius 3 is 0.894 bits per heavy atom. The van der Waals surface area contributed by atoms with Crippen LogP contribution in [0.5, 0.6) is 0 Å². The zero-order valence-electron chi connectivity index (χ0n) is 51.0. The first-order valence-electron chi connectivity index (χ1n) is 32.1. The summed E-state index contributed by atoms with van der Waals surface area (Å²) in [6.07, 6.45) is 0. The van der Waals surface area contributed by atoms with Crippen molar-refractivity contribution in [2.75, 3.05) is 0 Å². The molecular weight excluding hydrogens is 1140 g/mol. The number of nitrogens with zero attached hydrogens (tertiary/aromatic N) is 6. The Morgan fingerprint density at radius 1 is 0.181 bits per heavy atom. The summed E-state index contributed by atoms with van der Waals surface area (Å²) in [5.41, 5.74) is 25.0. The average molecular weight is 1200 g/mol. The molecule has 0 atom stereocenters. The van der Waals surface area contributed by atoms with Gasteiger partial charge < -0.3 is 18.3 Å². The van der Waals surface area contributed by atoms with Crippen molar-refractivity contribution in [1.82, 2.24) is 28.2 Å². The Hall–Kier alpha value is -12.6. The first-order chi connectivity index (χ1) is 46.6. The second-order valence-electron chi connectivity index (χ2n) is 24.5. The van der Waals surface area contributed by atoms with Gasteiger partial charge in [-0.1, -0.05) is 218 Å². The van der Waals surface area contributed by atoms with Crippen molar-refractivity contribution in [3.63, 3.8) is 0 Å². The van der Waals surface area contributed by atoms with Crippen LogP contribution in [0.15, 0.2) is 340 Å². The van der Waals surface area contributed by atoms with Crippen molar-refractivity contribution in [2.24, 2.45) is 0 Å². The molecule has 0 bridgehead atoms. The number of hydrogen-bond donors (Lipinski definition) is 0. The minimum Gasteiger partial charge on any atom is -0.309 e. The number of rotatable bonds is 10. The summed E-state index contributed by atoms with van der Waals surface area (Å²) in [5, 5.41) is 9.63. The number of benzene rings is 14. The van der Waals surface area contributed by atoms with Crippen molar-refractivity contribution >= 4 is 87.2 Å². The maximum Gasteiger partial charge on any atom is 0.160 e. The molecule has 0 unspecified atom stereocenters. The van der Waals surface area contributed by atoms with Crippen molar-refractivity contribution in [2.45, 2.75) is 0 Å². The molecule has 0 amide bonds. The van der Waals surface area contributed by atoms with Crippen molar-refractivity contribution in [3.05, 3.63) is 340 Å². The standard InChI is InChI=1S/C88H56N6/c1-4-23-57(24-5-1)58-25-22-26-63(51-58)88-89-76(70-35-14-20-41-82(70)93-80-39-18-12-33-68(80)74-54-61(45-49-86(74)93)59-43-47-84-72(52-59)66-31-10-16-37-78(66)91(84)64-27-6-2-7-28-64)56-77(90-88)71-36-15-21-42-83(71)94-81-40-19-13-34-69(81)75-55-62(46-50-87(75)94)60-44-48-85-73(53-60)67-32-11-17-38-79(67)92(85)65-29-8-3-9-30-65/h1-56H. The van der Waals surface area contributed by atoms with Gasteiger partial charge in [-0.15, -0.1) is 0 Å². The van der Waals surface area contributed by atoms with Crippen LogP contribution >= 0.6 is 0 Å². The van der Waals surface area contributed by atoms with Crippen LogP contribution in [-0.4, -0.2) is 28.2 Å². The molecule has 6 nitrogen and oxygen atoms in total. The first-order valence-corrected chi connectivity index (χ1v) is 32.1. The fourth-order valence-corrected chi connectivity index (χ4v) is 14.9. The van der Waals surface area contributed by atoms with Crippen molar-refractivity contribution in [3.8, 4) is 90.0 Å². The quantitative estimate of drug-likeness (QED) is 0.137. The van der Waals surface area contributed by atoms with Crippen molar-refractivity contribution in [1.29, 1.82) is 0 Å². The summed E-state index contributed by atoms with van der Waals surface area (Å²) in [4.78, 5) is 11.3. The normalized spacial score (nSPS) is 11.8. The molecule has 19 aromatic rings. The van der Waals surface area contributed by atoms with E-state index in [1.807, 2.05) is 0 Å². The van der Waals surface area contributed by atoms with E-state index in [0.717, 1.165) is 95.1 Å². The minimum atomic E-state index is 0.640. The predicted octanol–water partition coefficient (Wildman–Crippen LogP) is 22.9. The molecule has 0 fully saturated rings. The highest BCUT2D eigenvalue weighted by atomic mass is 15.0. The van der Waals surface area contributed by atoms with Gasteiger partial charge in [-0.25, -0.2) is 9.97 Å². The molecule has 0 saturated carbocycles. The lowest BCUT2D eigenvalue weighted by Crippen LogP contribution is -2.02. The van der Waals surface area contributed by atoms with E-state index in [0.29, 0.717) is 5.82 Å². The van der Waals surface area contributed by atoms with Gasteiger partial charge >= 0.3 is 0 Å². The summed E-state index contributed by atoms with van der Waals surface area (Å²) in [7, 11) is 0. The van der Waals surface area contributed by atoms with Gasteiger partial charge in [-0.2, -0.15) is 0 Å². The van der Waals surface area contributed by atoms with E-state index >= 15 is 0 Å². The van der Waals surface area contributed by atoms with Gasteiger partial charge in [0.25, 0.3) is 0 Å². The van der Waals surface area contributed by atoms with Gasteiger partial charge in [0.1, 0.15) is 0 Å². The van der Waals surface area contributed by atoms with Crippen LogP contribution in [0.4, 0.5) is 0 Å². The third-order valence-corrected chi connectivity index (χ3v) is 19.2. The van der Waals surface area contributed by atoms with E-state index < -0.39 is 0 Å². The number of hydrogen-bond acceptors (Lipinski definition) is 2. The van der Waals surface area contributed by atoms with Gasteiger partial charge in [-0.3, -0.25) is 0 Å². The molecule has 438 valence electrons. The largest absolute Gasteiger partial charge is 0.309 e. The van der Waals surface area contributed by atoms with E-state index in [9.17, 15) is 0 Å². The molecule has 6 heteroatoms. The smallest absolute Gasteiger partial charge is 0.160 e. The van der Waals surface area contributed by atoms with Crippen LogP contribution in [0.1, 0.15) is 0 Å². The van der Waals surface area contributed by atoms with Crippen molar-refractivity contribution < 1.29 is 0 Å². The Kier molecular flexibility index (Phi) is 12.2. The summed E-state index contributed by atoms with van der Waals surface area (Å²) in [5.74, 6) is 0.640. The lowest BCUT2D eigenvalue weighted by molar-refractivity contribution is 1.14. The van der Waals surface area contributed by atoms with Gasteiger partial charge in [0, 0.05) is 71.2 Å². The van der Waals surface area contributed by atoms with Gasteiger partial charge in [-0.05, 0) is 155 Å². The maximum absolute atomic E-state index is 5.63. The fraction of sp³-hybridized carbons (Fsp3) is 0. The van der Waals surface area contributed by atoms with Crippen LogP contribution in [0.25, 0.3) is 177 Å². The summed E-state index contributed by atoms with van der Waals surface area (Å²) < 4.78 is 9.61. The average Bonchev–Trinajstić information content (AvgIpc) is 1.59. The number of para-hydroxylation sites is 8. The topological polar surface area (TPSA) is 45.5 Å². The lowest BCUT2D eigenvalue weighted by atomic mass is 10.0. The fourth-order valence-electron chi connectivity index (χ4n) is 14.9. The summed E-state index contributed by atoms with van der Waals surface area (Å²) in [6.45, 7) is 0. The molecule has 14 aromatic carbocycles. The molecular formula is C88H56N6. The third-order valence-electron chi connectivity index (χ3n) is 19.2. The Labute approximate surface area is 542 Å². The third kappa shape index (κ3) is 8.51. The second kappa shape index (κ2) is 21.5. The van der Waals surface area contributed by atoms with E-state index in [2.05, 4.69) is 358 Å². The number of aromatic nitrogens is 6. The van der Waals surface area contributed by atoms with Gasteiger partial charge in [0.15, 0.2) is 5.82 Å². The molecule has 5 aromatic heterocycles. The SMILES string of the molecule is c1ccc(-c2cccc(-c3nc(-c4ccccc4-n4c5ccccc5c5cc(-c6ccc7c(c6)c6ccccc6n7-c6ccccc6)ccc54)cc(-c4ccccc4-n4c5ccccc5c5cc(-c6ccc7c(c6)c6ccccc6n7-c6ccccc6)ccc54)n3)c2)cc1. The maximum atomic E-state index is 5.63. The molecule has 5 heterocycles. The van der Waals surface area contributed by atoms with Gasteiger partial charge in [0.2, 0.25) is 0 Å². The van der Waals surface area contributed by atoms with Gasteiger partial charge in [0.05, 0.1) is 66.9 Å². The van der Waals surface area contributed by atoms with Crippen LogP contribution in [0, 0.1) is 0 Å². The molecule has 0 aliphatic carbocycles. The number of fused-ring (bicyclic) bond motifs is 12. The minimum absolute atomic E-state index is 0.640. The molecule has 94 heavy (non-hydrogen) atoms. The molecule has 0 saturated heterocycles. The van der Waals surface area contributed by atoms with E-state index in [-0.39, 0.29) is 0 Å². The van der Waals surface area contributed by atoms with Crippen LogP contribution in [-0.2, 0) is 0 Å². The second-order valence-corrected chi connectivity index (χ2v) is 24.5. The zero-order chi connectivity index (χ0) is 61.8. The molecule has 19 rings (SSSR count). The first kappa shape index (κ1) is 53.2. The van der Waals surface area contributed by atoms with Crippen LogP contribution in [0.2, 0.25) is 0 Å². The highest BCUT2D eigenvalue weighted by Gasteiger charge is 2.23. The Morgan fingerprint density at radius 2 is 0.479 bits per heavy atom. The molecule has 0 radical (unpaired) electrons. The molecule has 0 aliphatic heterocycles. The predicted molar refractivity (Wildman–Crippen MR) is 392 cm³/mol. The summed E-state index contributed by atoms with van der Waals surface area (Å²) in [6, 6.07) is 123.